The van der Waals surface area contributed by atoms with E-state index in [1.54, 1.807) is 11.3 Å². The number of aliphatic hydroxyl groups is 1. The second kappa shape index (κ2) is 5.31. The molecule has 1 aromatic carbocycles. The molecule has 5 heteroatoms. The van der Waals surface area contributed by atoms with E-state index in [9.17, 15) is 5.11 Å². The van der Waals surface area contributed by atoms with Crippen molar-refractivity contribution >= 4 is 11.3 Å². The van der Waals surface area contributed by atoms with Crippen LogP contribution in [0, 0.1) is 0 Å². The molecular formula is C16H19NO3S. The van der Waals surface area contributed by atoms with Crippen LogP contribution in [0.1, 0.15) is 43.1 Å². The minimum Gasteiger partial charge on any atom is -0.486 e. The molecule has 112 valence electrons. The van der Waals surface area contributed by atoms with Gasteiger partial charge in [0.2, 0.25) is 0 Å². The average Bonchev–Trinajstić information content (AvgIpc) is 2.96. The fourth-order valence-electron chi connectivity index (χ4n) is 2.16. The summed E-state index contributed by atoms with van der Waals surface area (Å²) in [5.41, 5.74) is 1.45. The van der Waals surface area contributed by atoms with Crippen molar-refractivity contribution in [1.29, 1.82) is 0 Å². The second-order valence-electron chi connectivity index (χ2n) is 6.13. The van der Waals surface area contributed by atoms with E-state index in [4.69, 9.17) is 9.47 Å². The Morgan fingerprint density at radius 2 is 1.90 bits per heavy atom. The van der Waals surface area contributed by atoms with Crippen LogP contribution in [-0.2, 0) is 5.41 Å². The molecule has 0 bridgehead atoms. The summed E-state index contributed by atoms with van der Waals surface area (Å²) in [6, 6.07) is 5.52. The Kier molecular flexibility index (Phi) is 3.63. The zero-order chi connectivity index (χ0) is 15.0. The zero-order valence-corrected chi connectivity index (χ0v) is 13.2. The number of hydrogen-bond acceptors (Lipinski definition) is 5. The predicted molar refractivity (Wildman–Crippen MR) is 82.3 cm³/mol. The first-order valence-electron chi connectivity index (χ1n) is 6.98. The van der Waals surface area contributed by atoms with Crippen molar-refractivity contribution in [2.45, 2.75) is 32.3 Å². The number of fused-ring (bicyclic) bond motifs is 1. The molecule has 1 aliphatic heterocycles. The first-order chi connectivity index (χ1) is 9.95. The summed E-state index contributed by atoms with van der Waals surface area (Å²) in [6.07, 6.45) is -0.742. The first kappa shape index (κ1) is 14.4. The number of nitrogens with zero attached hydrogens (tertiary/aromatic N) is 1. The van der Waals surface area contributed by atoms with Gasteiger partial charge in [0.15, 0.2) is 11.5 Å². The normalized spacial score (nSPS) is 15.8. The van der Waals surface area contributed by atoms with Gasteiger partial charge in [0.1, 0.15) is 19.3 Å². The van der Waals surface area contributed by atoms with Crippen molar-refractivity contribution in [2.75, 3.05) is 13.2 Å². The summed E-state index contributed by atoms with van der Waals surface area (Å²) >= 11 is 1.58. The quantitative estimate of drug-likeness (QED) is 0.925. The molecule has 0 amide bonds. The number of rotatable bonds is 2. The van der Waals surface area contributed by atoms with Crippen LogP contribution in [0.3, 0.4) is 0 Å². The van der Waals surface area contributed by atoms with Crippen molar-refractivity contribution in [3.05, 3.63) is 39.8 Å². The van der Waals surface area contributed by atoms with Crippen LogP contribution in [0.15, 0.2) is 23.6 Å². The van der Waals surface area contributed by atoms with E-state index in [0.717, 1.165) is 16.3 Å². The second-order valence-corrected chi connectivity index (χ2v) is 6.99. The third kappa shape index (κ3) is 2.89. The van der Waals surface area contributed by atoms with Gasteiger partial charge < -0.3 is 14.6 Å². The number of aliphatic hydroxyl groups excluding tert-OH is 1. The topological polar surface area (TPSA) is 51.6 Å². The van der Waals surface area contributed by atoms with Gasteiger partial charge in [-0.05, 0) is 17.7 Å². The van der Waals surface area contributed by atoms with E-state index in [1.165, 1.54) is 0 Å². The molecule has 0 saturated heterocycles. The summed E-state index contributed by atoms with van der Waals surface area (Å²) in [5.74, 6) is 1.41. The molecule has 21 heavy (non-hydrogen) atoms. The van der Waals surface area contributed by atoms with E-state index in [2.05, 4.69) is 25.8 Å². The molecule has 1 aromatic heterocycles. The lowest BCUT2D eigenvalue weighted by Gasteiger charge is -2.20. The van der Waals surface area contributed by atoms with E-state index in [-0.39, 0.29) is 5.41 Å². The van der Waals surface area contributed by atoms with Crippen molar-refractivity contribution < 1.29 is 14.6 Å². The minimum atomic E-state index is -0.742. The van der Waals surface area contributed by atoms with E-state index >= 15 is 0 Å². The molecule has 1 N–H and O–H groups in total. The van der Waals surface area contributed by atoms with Crippen molar-refractivity contribution in [1.82, 2.24) is 4.98 Å². The number of benzene rings is 1. The van der Waals surface area contributed by atoms with Crippen LogP contribution in [0.2, 0.25) is 0 Å². The summed E-state index contributed by atoms with van der Waals surface area (Å²) in [7, 11) is 0. The fraction of sp³-hybridized carbons (Fsp3) is 0.438. The van der Waals surface area contributed by atoms with Gasteiger partial charge >= 0.3 is 0 Å². The van der Waals surface area contributed by atoms with Crippen LogP contribution < -0.4 is 9.47 Å². The molecule has 1 aliphatic rings. The Morgan fingerprint density at radius 1 is 1.19 bits per heavy atom. The fourth-order valence-corrected chi connectivity index (χ4v) is 3.08. The van der Waals surface area contributed by atoms with Gasteiger partial charge in [0.05, 0.1) is 10.7 Å². The zero-order valence-electron chi connectivity index (χ0n) is 12.4. The van der Waals surface area contributed by atoms with Crippen molar-refractivity contribution in [3.63, 3.8) is 0 Å². The van der Waals surface area contributed by atoms with Gasteiger partial charge in [0.25, 0.3) is 0 Å². The summed E-state index contributed by atoms with van der Waals surface area (Å²) in [5, 5.41) is 13.5. The summed E-state index contributed by atoms with van der Waals surface area (Å²) < 4.78 is 11.0. The molecule has 2 aromatic rings. The van der Waals surface area contributed by atoms with Gasteiger partial charge in [0, 0.05) is 10.8 Å². The molecule has 4 nitrogen and oxygen atoms in total. The third-order valence-electron chi connectivity index (χ3n) is 3.33. The Morgan fingerprint density at radius 3 is 2.57 bits per heavy atom. The monoisotopic (exact) mass is 305 g/mol. The molecule has 2 heterocycles. The largest absolute Gasteiger partial charge is 0.486 e. The highest BCUT2D eigenvalue weighted by molar-refractivity contribution is 7.09. The molecule has 0 radical (unpaired) electrons. The standard InChI is InChI=1S/C16H19NO3S/c1-16(2,3)15-17-11(9-21-15)14(18)10-4-5-12-13(8-10)20-7-6-19-12/h4-5,8-9,14,18H,6-7H2,1-3H3. The molecule has 1 atom stereocenters. The maximum Gasteiger partial charge on any atom is 0.161 e. The SMILES string of the molecule is CC(C)(C)c1nc(C(O)c2ccc3c(c2)OCCO3)cs1. The maximum atomic E-state index is 10.5. The van der Waals surface area contributed by atoms with Gasteiger partial charge in [-0.1, -0.05) is 26.8 Å². The molecule has 0 aliphatic carbocycles. The van der Waals surface area contributed by atoms with E-state index in [1.807, 2.05) is 23.6 Å². The van der Waals surface area contributed by atoms with Crippen LogP contribution >= 0.6 is 11.3 Å². The highest BCUT2D eigenvalue weighted by atomic mass is 32.1. The lowest BCUT2D eigenvalue weighted by atomic mass is 9.98. The molecule has 0 saturated carbocycles. The highest BCUT2D eigenvalue weighted by Crippen LogP contribution is 2.35. The number of ether oxygens (including phenoxy) is 2. The lowest BCUT2D eigenvalue weighted by molar-refractivity contribution is 0.169. The van der Waals surface area contributed by atoms with Gasteiger partial charge in [-0.3, -0.25) is 0 Å². The van der Waals surface area contributed by atoms with Crippen LogP contribution in [-0.4, -0.2) is 23.3 Å². The Labute approximate surface area is 128 Å². The maximum absolute atomic E-state index is 10.5. The Hall–Kier alpha value is -1.59. The van der Waals surface area contributed by atoms with Crippen LogP contribution in [0.25, 0.3) is 0 Å². The Bertz CT molecular complexity index is 645. The van der Waals surface area contributed by atoms with E-state index < -0.39 is 6.10 Å². The van der Waals surface area contributed by atoms with Crippen LogP contribution in [0.4, 0.5) is 0 Å². The van der Waals surface area contributed by atoms with Gasteiger partial charge in [-0.25, -0.2) is 4.98 Å². The third-order valence-corrected chi connectivity index (χ3v) is 4.61. The lowest BCUT2D eigenvalue weighted by Crippen LogP contribution is -2.15. The molecule has 0 spiro atoms. The minimum absolute atomic E-state index is 0.00452. The molecular weight excluding hydrogens is 286 g/mol. The van der Waals surface area contributed by atoms with Crippen molar-refractivity contribution in [3.8, 4) is 11.5 Å². The van der Waals surface area contributed by atoms with Gasteiger partial charge in [-0.15, -0.1) is 11.3 Å². The summed E-state index contributed by atoms with van der Waals surface area (Å²) in [4.78, 5) is 4.57. The van der Waals surface area contributed by atoms with Crippen molar-refractivity contribution in [2.24, 2.45) is 0 Å². The Balaban J connectivity index is 1.88. The average molecular weight is 305 g/mol. The number of hydrogen-bond donors (Lipinski definition) is 1. The number of aromatic nitrogens is 1. The first-order valence-corrected chi connectivity index (χ1v) is 7.86. The number of thiazole rings is 1. The molecule has 3 rings (SSSR count). The molecule has 0 fully saturated rings. The highest BCUT2D eigenvalue weighted by Gasteiger charge is 2.22. The van der Waals surface area contributed by atoms with E-state index in [0.29, 0.717) is 24.7 Å². The summed E-state index contributed by atoms with van der Waals surface area (Å²) in [6.45, 7) is 7.46. The van der Waals surface area contributed by atoms with Gasteiger partial charge in [-0.2, -0.15) is 0 Å². The molecule has 1 unspecified atom stereocenters. The smallest absolute Gasteiger partial charge is 0.161 e. The predicted octanol–water partition coefficient (Wildman–Crippen LogP) is 3.29. The van der Waals surface area contributed by atoms with Crippen LogP contribution in [0.5, 0.6) is 11.5 Å².